The minimum Gasteiger partial charge on any atom is -0.339 e. The molecule has 0 bridgehead atoms. The molecule has 0 unspecified atom stereocenters. The third kappa shape index (κ3) is 4.15. The van der Waals surface area contributed by atoms with Gasteiger partial charge in [0.25, 0.3) is 5.91 Å². The Labute approximate surface area is 157 Å². The lowest BCUT2D eigenvalue weighted by Crippen LogP contribution is -2.52. The van der Waals surface area contributed by atoms with Crippen LogP contribution in [-0.4, -0.2) is 54.3 Å². The van der Waals surface area contributed by atoms with Gasteiger partial charge in [-0.3, -0.25) is 9.59 Å². The average Bonchev–Trinajstić information content (AvgIpc) is 3.09. The van der Waals surface area contributed by atoms with Gasteiger partial charge in [0.15, 0.2) is 0 Å². The summed E-state index contributed by atoms with van der Waals surface area (Å²) in [5.74, 6) is -1.68. The van der Waals surface area contributed by atoms with Gasteiger partial charge in [-0.2, -0.15) is 0 Å². The number of benzene rings is 1. The Balaban J connectivity index is 0.00000243. The minimum absolute atomic E-state index is 0. The Kier molecular flexibility index (Phi) is 6.94. The number of hydrogen-bond acceptors (Lipinski definition) is 3. The van der Waals surface area contributed by atoms with Gasteiger partial charge in [-0.1, -0.05) is 6.42 Å². The second-order valence-electron chi connectivity index (χ2n) is 6.77. The molecule has 144 valence electrons. The molecule has 1 aliphatic heterocycles. The summed E-state index contributed by atoms with van der Waals surface area (Å²) in [7, 11) is 0. The van der Waals surface area contributed by atoms with Crippen LogP contribution < -0.4 is 5.73 Å². The zero-order valence-corrected chi connectivity index (χ0v) is 15.3. The van der Waals surface area contributed by atoms with Gasteiger partial charge in [0, 0.05) is 38.2 Å². The smallest absolute Gasteiger partial charge is 0.256 e. The quantitative estimate of drug-likeness (QED) is 0.863. The first-order valence-corrected chi connectivity index (χ1v) is 8.74. The third-order valence-electron chi connectivity index (χ3n) is 5.32. The van der Waals surface area contributed by atoms with Crippen molar-refractivity contribution >= 4 is 24.2 Å². The first kappa shape index (κ1) is 20.6. The molecular weight excluding hydrogens is 364 g/mol. The molecule has 2 N–H and O–H groups in total. The van der Waals surface area contributed by atoms with Crippen LogP contribution in [0.5, 0.6) is 0 Å². The van der Waals surface area contributed by atoms with Gasteiger partial charge in [0.1, 0.15) is 11.6 Å². The van der Waals surface area contributed by atoms with E-state index in [0.29, 0.717) is 38.8 Å². The van der Waals surface area contributed by atoms with Crippen molar-refractivity contribution in [2.24, 2.45) is 17.6 Å². The molecule has 2 fully saturated rings. The number of nitrogens with zero attached hydrogens (tertiary/aromatic N) is 2. The van der Waals surface area contributed by atoms with E-state index in [1.807, 2.05) is 0 Å². The summed E-state index contributed by atoms with van der Waals surface area (Å²) in [5, 5.41) is 0. The summed E-state index contributed by atoms with van der Waals surface area (Å²) >= 11 is 0. The van der Waals surface area contributed by atoms with Crippen LogP contribution >= 0.6 is 12.4 Å². The number of carbonyl (C=O) groups excluding carboxylic acids is 2. The fourth-order valence-corrected chi connectivity index (χ4v) is 3.84. The number of hydrogen-bond donors (Lipinski definition) is 1. The van der Waals surface area contributed by atoms with Crippen LogP contribution in [0.3, 0.4) is 0 Å². The Morgan fingerprint density at radius 3 is 2.35 bits per heavy atom. The summed E-state index contributed by atoms with van der Waals surface area (Å²) in [5.41, 5.74) is 5.62. The summed E-state index contributed by atoms with van der Waals surface area (Å²) in [6.07, 6.45) is 2.90. The predicted molar refractivity (Wildman–Crippen MR) is 96.0 cm³/mol. The number of amides is 2. The number of halogens is 3. The van der Waals surface area contributed by atoms with Crippen molar-refractivity contribution in [1.29, 1.82) is 0 Å². The second kappa shape index (κ2) is 8.77. The van der Waals surface area contributed by atoms with Crippen molar-refractivity contribution in [3.05, 3.63) is 35.4 Å². The van der Waals surface area contributed by atoms with E-state index < -0.39 is 17.5 Å². The standard InChI is InChI=1S/C18H23F2N3O2.ClH/c19-13-4-5-15(16(20)10-13)18(25)23-8-6-22(7-9-23)17(24)14-3-1-2-12(14)11-21;/h4-5,10,12,14H,1-3,6-9,11,21H2;1H/t12-,14-;/m1./s1. The molecule has 0 spiro atoms. The van der Waals surface area contributed by atoms with E-state index in [0.717, 1.165) is 31.4 Å². The molecule has 1 aromatic carbocycles. The first-order valence-electron chi connectivity index (χ1n) is 8.74. The Hall–Kier alpha value is -1.73. The molecule has 26 heavy (non-hydrogen) atoms. The molecule has 1 heterocycles. The summed E-state index contributed by atoms with van der Waals surface area (Å²) < 4.78 is 26.8. The fraction of sp³-hybridized carbons (Fsp3) is 0.556. The van der Waals surface area contributed by atoms with Crippen molar-refractivity contribution in [2.45, 2.75) is 19.3 Å². The number of rotatable bonds is 3. The zero-order valence-electron chi connectivity index (χ0n) is 14.5. The van der Waals surface area contributed by atoms with Gasteiger partial charge >= 0.3 is 0 Å². The van der Waals surface area contributed by atoms with Gasteiger partial charge in [0.2, 0.25) is 5.91 Å². The van der Waals surface area contributed by atoms with Gasteiger partial charge in [-0.25, -0.2) is 8.78 Å². The number of piperazine rings is 1. The van der Waals surface area contributed by atoms with Gasteiger partial charge in [0.05, 0.1) is 5.56 Å². The van der Waals surface area contributed by atoms with E-state index in [-0.39, 0.29) is 35.7 Å². The lowest BCUT2D eigenvalue weighted by molar-refractivity contribution is -0.138. The molecule has 1 aliphatic carbocycles. The minimum atomic E-state index is -0.861. The number of carbonyl (C=O) groups is 2. The van der Waals surface area contributed by atoms with Gasteiger partial charge in [-0.15, -0.1) is 12.4 Å². The van der Waals surface area contributed by atoms with Crippen LogP contribution in [0.1, 0.15) is 29.6 Å². The van der Waals surface area contributed by atoms with Crippen LogP contribution in [0, 0.1) is 23.5 Å². The highest BCUT2D eigenvalue weighted by Gasteiger charge is 2.36. The van der Waals surface area contributed by atoms with Crippen molar-refractivity contribution in [2.75, 3.05) is 32.7 Å². The van der Waals surface area contributed by atoms with E-state index in [1.165, 1.54) is 4.90 Å². The summed E-state index contributed by atoms with van der Waals surface area (Å²) in [6.45, 7) is 2.09. The van der Waals surface area contributed by atoms with E-state index in [1.54, 1.807) is 4.90 Å². The normalized spacial score (nSPS) is 22.9. The lowest BCUT2D eigenvalue weighted by Gasteiger charge is -2.36. The third-order valence-corrected chi connectivity index (χ3v) is 5.32. The van der Waals surface area contributed by atoms with Crippen LogP contribution in [0.2, 0.25) is 0 Å². The molecule has 0 aromatic heterocycles. The summed E-state index contributed by atoms with van der Waals surface area (Å²) in [4.78, 5) is 28.4. The van der Waals surface area contributed by atoms with Crippen molar-refractivity contribution in [3.8, 4) is 0 Å². The molecule has 2 atom stereocenters. The highest BCUT2D eigenvalue weighted by atomic mass is 35.5. The lowest BCUT2D eigenvalue weighted by atomic mass is 9.94. The Bertz CT molecular complexity index is 666. The van der Waals surface area contributed by atoms with Crippen LogP contribution in [-0.2, 0) is 4.79 Å². The van der Waals surface area contributed by atoms with E-state index in [2.05, 4.69) is 0 Å². The maximum Gasteiger partial charge on any atom is 0.256 e. The molecule has 1 saturated heterocycles. The SMILES string of the molecule is Cl.NC[C@H]1CCC[C@H]1C(=O)N1CCN(C(=O)c2ccc(F)cc2F)CC1. The molecule has 2 aliphatic rings. The molecular formula is C18H24ClF2N3O2. The second-order valence-corrected chi connectivity index (χ2v) is 6.77. The molecule has 1 saturated carbocycles. The van der Waals surface area contributed by atoms with E-state index >= 15 is 0 Å². The topological polar surface area (TPSA) is 66.6 Å². The van der Waals surface area contributed by atoms with Crippen molar-refractivity contribution < 1.29 is 18.4 Å². The largest absolute Gasteiger partial charge is 0.339 e. The Morgan fingerprint density at radius 2 is 1.73 bits per heavy atom. The molecule has 0 radical (unpaired) electrons. The van der Waals surface area contributed by atoms with Gasteiger partial charge < -0.3 is 15.5 Å². The molecule has 3 rings (SSSR count). The molecule has 8 heteroatoms. The molecule has 1 aromatic rings. The highest BCUT2D eigenvalue weighted by Crippen LogP contribution is 2.32. The van der Waals surface area contributed by atoms with Crippen LogP contribution in [0.25, 0.3) is 0 Å². The maximum atomic E-state index is 13.8. The summed E-state index contributed by atoms with van der Waals surface area (Å²) in [6, 6.07) is 2.94. The fourth-order valence-electron chi connectivity index (χ4n) is 3.84. The average molecular weight is 388 g/mol. The first-order chi connectivity index (χ1) is 12.0. The molecule has 2 amide bonds. The maximum absolute atomic E-state index is 13.8. The monoisotopic (exact) mass is 387 g/mol. The zero-order chi connectivity index (χ0) is 18.0. The Morgan fingerprint density at radius 1 is 1.08 bits per heavy atom. The highest BCUT2D eigenvalue weighted by molar-refractivity contribution is 5.94. The predicted octanol–water partition coefficient (Wildman–Crippen LogP) is 2.05. The molecule has 5 nitrogen and oxygen atoms in total. The van der Waals surface area contributed by atoms with Gasteiger partial charge in [-0.05, 0) is 37.4 Å². The van der Waals surface area contributed by atoms with Crippen molar-refractivity contribution in [1.82, 2.24) is 9.80 Å². The van der Waals surface area contributed by atoms with Crippen molar-refractivity contribution in [3.63, 3.8) is 0 Å². The van der Waals surface area contributed by atoms with Crippen LogP contribution in [0.4, 0.5) is 8.78 Å². The van der Waals surface area contributed by atoms with E-state index in [9.17, 15) is 18.4 Å². The van der Waals surface area contributed by atoms with E-state index in [4.69, 9.17) is 5.73 Å². The number of nitrogens with two attached hydrogens (primary N) is 1. The van der Waals surface area contributed by atoms with Crippen LogP contribution in [0.15, 0.2) is 18.2 Å².